The molecule has 11 heteroatoms. The fraction of sp³-hybridized carbons (Fsp3) is 0.217. The fourth-order valence-electron chi connectivity index (χ4n) is 4.08. The Kier molecular flexibility index (Phi) is 5.66. The van der Waals surface area contributed by atoms with Crippen molar-refractivity contribution in [3.8, 4) is 0 Å². The van der Waals surface area contributed by atoms with Crippen molar-refractivity contribution >= 4 is 21.4 Å². The zero-order valence-electron chi connectivity index (χ0n) is 18.0. The second-order valence-electron chi connectivity index (χ2n) is 7.97. The van der Waals surface area contributed by atoms with Gasteiger partial charge in [-0.25, -0.2) is 31.1 Å². The molecule has 4 aromatic rings. The van der Waals surface area contributed by atoms with Crippen LogP contribution >= 0.6 is 0 Å². The molecule has 0 spiro atoms. The smallest absolute Gasteiger partial charge is 0.350 e. The molecule has 1 saturated heterocycles. The van der Waals surface area contributed by atoms with Crippen molar-refractivity contribution < 1.29 is 17.2 Å². The normalized spacial score (nSPS) is 15.2. The van der Waals surface area contributed by atoms with Gasteiger partial charge >= 0.3 is 5.69 Å². The van der Waals surface area contributed by atoms with E-state index in [1.54, 1.807) is 30.3 Å². The predicted octanol–water partition coefficient (Wildman–Crippen LogP) is 2.33. The van der Waals surface area contributed by atoms with Gasteiger partial charge in [-0.15, -0.1) is 5.10 Å². The minimum absolute atomic E-state index is 0.00944. The van der Waals surface area contributed by atoms with E-state index in [0.29, 0.717) is 13.1 Å². The predicted molar refractivity (Wildman–Crippen MR) is 122 cm³/mol. The van der Waals surface area contributed by atoms with E-state index in [1.165, 1.54) is 40.8 Å². The molecule has 0 radical (unpaired) electrons. The number of hydrogen-bond acceptors (Lipinski definition) is 5. The van der Waals surface area contributed by atoms with Gasteiger partial charge in [-0.1, -0.05) is 18.2 Å². The summed E-state index contributed by atoms with van der Waals surface area (Å²) in [6.07, 6.45) is 1.44. The molecule has 2 aromatic heterocycles. The van der Waals surface area contributed by atoms with Crippen molar-refractivity contribution in [1.29, 1.82) is 0 Å². The number of aromatic nitrogens is 3. The number of rotatable bonds is 5. The molecule has 8 nitrogen and oxygen atoms in total. The van der Waals surface area contributed by atoms with Gasteiger partial charge < -0.3 is 4.90 Å². The summed E-state index contributed by atoms with van der Waals surface area (Å²) in [6.45, 7) is 1.19. The molecule has 1 fully saturated rings. The van der Waals surface area contributed by atoms with Gasteiger partial charge in [-0.05, 0) is 42.5 Å². The molecule has 0 saturated carbocycles. The standard InChI is InChI=1S/C23H21F2N5O3S/c24-18-7-9-19(10-8-18)27-12-14-28(15-13-27)34(32,33)21-6-3-11-29-22(21)26-30(23(29)31)16-17-4-1-2-5-20(17)25/h1-11H,12-16H2. The van der Waals surface area contributed by atoms with Crippen molar-refractivity contribution in [2.24, 2.45) is 0 Å². The van der Waals surface area contributed by atoms with Crippen molar-refractivity contribution in [2.75, 3.05) is 31.1 Å². The zero-order valence-corrected chi connectivity index (χ0v) is 18.8. The first-order chi connectivity index (χ1) is 16.3. The number of anilines is 1. The summed E-state index contributed by atoms with van der Waals surface area (Å²) in [4.78, 5) is 14.7. The lowest BCUT2D eigenvalue weighted by Gasteiger charge is -2.35. The average Bonchev–Trinajstić information content (AvgIpc) is 3.16. The summed E-state index contributed by atoms with van der Waals surface area (Å²) < 4.78 is 57.7. The maximum absolute atomic E-state index is 14.1. The summed E-state index contributed by atoms with van der Waals surface area (Å²) in [7, 11) is -3.95. The summed E-state index contributed by atoms with van der Waals surface area (Å²) in [6, 6.07) is 15.0. The molecule has 0 aliphatic carbocycles. The monoisotopic (exact) mass is 485 g/mol. The molecular formula is C23H21F2N5O3S. The van der Waals surface area contributed by atoms with Gasteiger partial charge in [0.15, 0.2) is 5.65 Å². The van der Waals surface area contributed by atoms with Gasteiger partial charge in [0.25, 0.3) is 0 Å². The largest absolute Gasteiger partial charge is 0.369 e. The molecule has 0 N–H and O–H groups in total. The second kappa shape index (κ2) is 8.65. The molecule has 1 aliphatic heterocycles. The van der Waals surface area contributed by atoms with Gasteiger partial charge in [0.05, 0.1) is 6.54 Å². The molecule has 0 atom stereocenters. The highest BCUT2D eigenvalue weighted by Gasteiger charge is 2.31. The minimum atomic E-state index is -3.95. The van der Waals surface area contributed by atoms with Gasteiger partial charge in [-0.3, -0.25) is 0 Å². The fourth-order valence-corrected chi connectivity index (χ4v) is 5.63. The van der Waals surface area contributed by atoms with Crippen molar-refractivity contribution in [1.82, 2.24) is 18.5 Å². The Morgan fingerprint density at radius 1 is 0.882 bits per heavy atom. The third-order valence-electron chi connectivity index (χ3n) is 5.90. The summed E-state index contributed by atoms with van der Waals surface area (Å²) in [5.41, 5.74) is 0.523. The molecule has 2 aromatic carbocycles. The van der Waals surface area contributed by atoms with Gasteiger partial charge in [-0.2, -0.15) is 4.31 Å². The number of halogens is 2. The molecule has 5 rings (SSSR count). The van der Waals surface area contributed by atoms with E-state index in [4.69, 9.17) is 0 Å². The van der Waals surface area contributed by atoms with Gasteiger partial charge in [0.1, 0.15) is 16.5 Å². The molecule has 0 amide bonds. The number of pyridine rings is 1. The average molecular weight is 486 g/mol. The van der Waals surface area contributed by atoms with Crippen molar-refractivity contribution in [3.63, 3.8) is 0 Å². The Morgan fingerprint density at radius 3 is 2.29 bits per heavy atom. The highest BCUT2D eigenvalue weighted by Crippen LogP contribution is 2.23. The Labute approximate surface area is 194 Å². The number of benzene rings is 2. The molecule has 176 valence electrons. The van der Waals surface area contributed by atoms with Crippen LogP contribution in [0.3, 0.4) is 0 Å². The third kappa shape index (κ3) is 3.97. The van der Waals surface area contributed by atoms with Crippen LogP contribution in [-0.4, -0.2) is 53.1 Å². The van der Waals surface area contributed by atoms with Crippen LogP contribution in [0.2, 0.25) is 0 Å². The Morgan fingerprint density at radius 2 is 1.59 bits per heavy atom. The van der Waals surface area contributed by atoms with E-state index < -0.39 is 21.5 Å². The van der Waals surface area contributed by atoms with Crippen LogP contribution < -0.4 is 10.6 Å². The number of hydrogen-bond donors (Lipinski definition) is 0. The van der Waals surface area contributed by atoms with Crippen LogP contribution in [0.25, 0.3) is 5.65 Å². The van der Waals surface area contributed by atoms with E-state index in [2.05, 4.69) is 5.10 Å². The second-order valence-corrected chi connectivity index (χ2v) is 9.87. The highest BCUT2D eigenvalue weighted by molar-refractivity contribution is 7.89. The molecule has 0 bridgehead atoms. The third-order valence-corrected chi connectivity index (χ3v) is 7.82. The maximum Gasteiger partial charge on any atom is 0.350 e. The quantitative estimate of drug-likeness (QED) is 0.434. The number of nitrogens with zero attached hydrogens (tertiary/aromatic N) is 5. The molecule has 0 unspecified atom stereocenters. The number of sulfonamides is 1. The van der Waals surface area contributed by atoms with Crippen LogP contribution in [0.15, 0.2) is 76.6 Å². The Bertz CT molecular complexity index is 1510. The van der Waals surface area contributed by atoms with E-state index in [1.807, 2.05) is 4.90 Å². The van der Waals surface area contributed by atoms with Crippen molar-refractivity contribution in [3.05, 3.63) is 94.5 Å². The first kappa shape index (κ1) is 22.2. The number of fused-ring (bicyclic) bond motifs is 1. The Hall–Kier alpha value is -3.57. The van der Waals surface area contributed by atoms with E-state index in [-0.39, 0.29) is 41.6 Å². The maximum atomic E-state index is 14.1. The molecule has 1 aliphatic rings. The van der Waals surface area contributed by atoms with Crippen LogP contribution in [0.4, 0.5) is 14.5 Å². The molecule has 34 heavy (non-hydrogen) atoms. The van der Waals surface area contributed by atoms with E-state index >= 15 is 0 Å². The summed E-state index contributed by atoms with van der Waals surface area (Å²) >= 11 is 0. The van der Waals surface area contributed by atoms with Crippen LogP contribution in [0.1, 0.15) is 5.56 Å². The first-order valence-electron chi connectivity index (χ1n) is 10.7. The summed E-state index contributed by atoms with van der Waals surface area (Å²) in [5, 5.41) is 4.23. The lowest BCUT2D eigenvalue weighted by molar-refractivity contribution is 0.385. The van der Waals surface area contributed by atoms with E-state index in [0.717, 1.165) is 14.8 Å². The Balaban J connectivity index is 1.43. The number of piperazine rings is 1. The summed E-state index contributed by atoms with van der Waals surface area (Å²) in [5.74, 6) is -0.805. The van der Waals surface area contributed by atoms with Crippen molar-refractivity contribution in [2.45, 2.75) is 11.4 Å². The van der Waals surface area contributed by atoms with Gasteiger partial charge in [0.2, 0.25) is 10.0 Å². The topological polar surface area (TPSA) is 79.9 Å². The molecule has 3 heterocycles. The van der Waals surface area contributed by atoms with E-state index in [9.17, 15) is 22.0 Å². The zero-order chi connectivity index (χ0) is 23.9. The minimum Gasteiger partial charge on any atom is -0.369 e. The first-order valence-corrected chi connectivity index (χ1v) is 12.1. The lowest BCUT2D eigenvalue weighted by Crippen LogP contribution is -2.48. The van der Waals surface area contributed by atoms with Crippen LogP contribution in [-0.2, 0) is 16.6 Å². The SMILES string of the molecule is O=c1n(Cc2ccccc2F)nc2c(S(=O)(=O)N3CCN(c4ccc(F)cc4)CC3)cccn12. The highest BCUT2D eigenvalue weighted by atomic mass is 32.2. The lowest BCUT2D eigenvalue weighted by atomic mass is 10.2. The molecular weight excluding hydrogens is 464 g/mol. The van der Waals surface area contributed by atoms with Crippen LogP contribution in [0, 0.1) is 11.6 Å². The van der Waals surface area contributed by atoms with Crippen LogP contribution in [0.5, 0.6) is 0 Å². The van der Waals surface area contributed by atoms with Gasteiger partial charge in [0, 0.05) is 43.6 Å².